The SMILES string of the molecule is CCCCC([O])NCC. The van der Waals surface area contributed by atoms with Gasteiger partial charge >= 0.3 is 0 Å². The first-order valence-electron chi connectivity index (χ1n) is 3.70. The Morgan fingerprint density at radius 3 is 2.56 bits per heavy atom. The maximum atomic E-state index is 10.8. The van der Waals surface area contributed by atoms with Gasteiger partial charge in [0.1, 0.15) is 6.23 Å². The first kappa shape index (κ1) is 8.92. The van der Waals surface area contributed by atoms with Crippen molar-refractivity contribution < 1.29 is 5.11 Å². The molecule has 0 aliphatic rings. The Kier molecular flexibility index (Phi) is 5.99. The van der Waals surface area contributed by atoms with Crippen LogP contribution < -0.4 is 5.32 Å². The van der Waals surface area contributed by atoms with Gasteiger partial charge in [0, 0.05) is 0 Å². The summed E-state index contributed by atoms with van der Waals surface area (Å²) in [5.74, 6) is 0. The number of nitrogens with one attached hydrogen (secondary N) is 1. The molecule has 0 amide bonds. The van der Waals surface area contributed by atoms with Crippen molar-refractivity contribution in [3.63, 3.8) is 0 Å². The minimum atomic E-state index is -0.532. The molecule has 0 fully saturated rings. The lowest BCUT2D eigenvalue weighted by Gasteiger charge is -2.06. The van der Waals surface area contributed by atoms with E-state index in [1.807, 2.05) is 6.92 Å². The largest absolute Gasteiger partial charge is 0.290 e. The van der Waals surface area contributed by atoms with E-state index in [1.54, 1.807) is 0 Å². The van der Waals surface area contributed by atoms with Gasteiger partial charge in [0.15, 0.2) is 0 Å². The molecule has 0 aliphatic heterocycles. The molecule has 0 spiro atoms. The van der Waals surface area contributed by atoms with Crippen LogP contribution in [0.5, 0.6) is 0 Å². The number of unbranched alkanes of at least 4 members (excludes halogenated alkanes) is 1. The third-order valence-corrected chi connectivity index (χ3v) is 1.25. The zero-order chi connectivity index (χ0) is 7.11. The molecule has 0 aromatic heterocycles. The number of rotatable bonds is 5. The molecule has 2 nitrogen and oxygen atoms in total. The van der Waals surface area contributed by atoms with Crippen LogP contribution >= 0.6 is 0 Å². The van der Waals surface area contributed by atoms with E-state index in [9.17, 15) is 5.11 Å². The minimum absolute atomic E-state index is 0.532. The summed E-state index contributed by atoms with van der Waals surface area (Å²) >= 11 is 0. The van der Waals surface area contributed by atoms with E-state index in [4.69, 9.17) is 0 Å². The lowest BCUT2D eigenvalue weighted by atomic mass is 10.2. The van der Waals surface area contributed by atoms with Crippen molar-refractivity contribution in [3.8, 4) is 0 Å². The van der Waals surface area contributed by atoms with Gasteiger partial charge in [0.2, 0.25) is 0 Å². The molecule has 0 bridgehead atoms. The van der Waals surface area contributed by atoms with Crippen molar-refractivity contribution in [1.29, 1.82) is 0 Å². The van der Waals surface area contributed by atoms with Crippen LogP contribution in [0.25, 0.3) is 0 Å². The third-order valence-electron chi connectivity index (χ3n) is 1.25. The highest BCUT2D eigenvalue weighted by molar-refractivity contribution is 4.49. The predicted octanol–water partition coefficient (Wildman–Crippen LogP) is 1.54. The Bertz CT molecular complexity index is 56.9. The second-order valence-electron chi connectivity index (χ2n) is 2.19. The topological polar surface area (TPSA) is 31.9 Å². The van der Waals surface area contributed by atoms with Crippen molar-refractivity contribution in [2.75, 3.05) is 6.54 Å². The highest BCUT2D eigenvalue weighted by Gasteiger charge is 2.00. The van der Waals surface area contributed by atoms with Crippen LogP contribution in [0.4, 0.5) is 0 Å². The molecule has 0 saturated carbocycles. The normalized spacial score (nSPS) is 13.7. The zero-order valence-corrected chi connectivity index (χ0v) is 6.31. The summed E-state index contributed by atoms with van der Waals surface area (Å²) in [5, 5.41) is 13.6. The molecule has 1 N–H and O–H groups in total. The van der Waals surface area contributed by atoms with Crippen molar-refractivity contribution in [1.82, 2.24) is 5.32 Å². The van der Waals surface area contributed by atoms with Crippen LogP contribution in [0.3, 0.4) is 0 Å². The van der Waals surface area contributed by atoms with Gasteiger partial charge < -0.3 is 0 Å². The molecular formula is C7H16NO. The lowest BCUT2D eigenvalue weighted by molar-refractivity contribution is 0.0515. The Morgan fingerprint density at radius 1 is 1.44 bits per heavy atom. The van der Waals surface area contributed by atoms with Crippen LogP contribution in [0, 0.1) is 0 Å². The Labute approximate surface area is 57.3 Å². The van der Waals surface area contributed by atoms with Gasteiger partial charge in [-0.3, -0.25) is 5.32 Å². The van der Waals surface area contributed by atoms with Gasteiger partial charge in [-0.25, -0.2) is 5.11 Å². The molecule has 1 atom stereocenters. The first-order valence-corrected chi connectivity index (χ1v) is 3.70. The van der Waals surface area contributed by atoms with Gasteiger partial charge in [-0.2, -0.15) is 0 Å². The molecule has 1 radical (unpaired) electrons. The van der Waals surface area contributed by atoms with Gasteiger partial charge in [-0.1, -0.05) is 20.3 Å². The van der Waals surface area contributed by atoms with E-state index in [0.29, 0.717) is 0 Å². The van der Waals surface area contributed by atoms with Gasteiger partial charge in [0.25, 0.3) is 0 Å². The van der Waals surface area contributed by atoms with Crippen molar-refractivity contribution >= 4 is 0 Å². The van der Waals surface area contributed by atoms with Gasteiger partial charge in [-0.05, 0) is 19.4 Å². The summed E-state index contributed by atoms with van der Waals surface area (Å²) in [7, 11) is 0. The molecule has 0 heterocycles. The maximum Gasteiger partial charge on any atom is 0.143 e. The van der Waals surface area contributed by atoms with Gasteiger partial charge in [-0.15, -0.1) is 0 Å². The second kappa shape index (κ2) is 6.05. The van der Waals surface area contributed by atoms with E-state index < -0.39 is 6.23 Å². The molecular weight excluding hydrogens is 114 g/mol. The summed E-state index contributed by atoms with van der Waals surface area (Å²) in [6, 6.07) is 0. The van der Waals surface area contributed by atoms with Crippen LogP contribution in [0.2, 0.25) is 0 Å². The number of hydrogen-bond acceptors (Lipinski definition) is 1. The fraction of sp³-hybridized carbons (Fsp3) is 1.00. The minimum Gasteiger partial charge on any atom is -0.290 e. The molecule has 0 rings (SSSR count). The van der Waals surface area contributed by atoms with Crippen LogP contribution in [-0.2, 0) is 5.11 Å². The highest BCUT2D eigenvalue weighted by atomic mass is 16.3. The fourth-order valence-electron chi connectivity index (χ4n) is 0.719. The fourth-order valence-corrected chi connectivity index (χ4v) is 0.719. The van der Waals surface area contributed by atoms with Crippen LogP contribution in [0.15, 0.2) is 0 Å². The van der Waals surface area contributed by atoms with Crippen LogP contribution in [0.1, 0.15) is 33.1 Å². The van der Waals surface area contributed by atoms with Crippen molar-refractivity contribution in [2.45, 2.75) is 39.3 Å². The molecule has 55 valence electrons. The molecule has 1 unspecified atom stereocenters. The summed E-state index contributed by atoms with van der Waals surface area (Å²) in [6.45, 7) is 4.84. The van der Waals surface area contributed by atoms with E-state index >= 15 is 0 Å². The van der Waals surface area contributed by atoms with Crippen molar-refractivity contribution in [2.24, 2.45) is 0 Å². The van der Waals surface area contributed by atoms with Gasteiger partial charge in [0.05, 0.1) is 0 Å². The van der Waals surface area contributed by atoms with Crippen LogP contribution in [-0.4, -0.2) is 12.8 Å². The molecule has 0 aliphatic carbocycles. The second-order valence-corrected chi connectivity index (χ2v) is 2.19. The van der Waals surface area contributed by atoms with E-state index in [0.717, 1.165) is 25.8 Å². The monoisotopic (exact) mass is 130 g/mol. The average molecular weight is 130 g/mol. The third kappa shape index (κ3) is 5.80. The molecule has 0 aromatic rings. The number of hydrogen-bond donors (Lipinski definition) is 1. The average Bonchev–Trinajstić information content (AvgIpc) is 1.85. The van der Waals surface area contributed by atoms with E-state index in [-0.39, 0.29) is 0 Å². The highest BCUT2D eigenvalue weighted by Crippen LogP contribution is 1.96. The summed E-state index contributed by atoms with van der Waals surface area (Å²) in [6.07, 6.45) is 2.39. The summed E-state index contributed by atoms with van der Waals surface area (Å²) in [4.78, 5) is 0. The Hall–Kier alpha value is -0.0800. The van der Waals surface area contributed by atoms with Crippen molar-refractivity contribution in [3.05, 3.63) is 0 Å². The quantitative estimate of drug-likeness (QED) is 0.562. The molecule has 2 heteroatoms. The molecule has 0 saturated heterocycles. The Balaban J connectivity index is 2.95. The van der Waals surface area contributed by atoms with E-state index in [1.165, 1.54) is 0 Å². The smallest absolute Gasteiger partial charge is 0.143 e. The maximum absolute atomic E-state index is 10.8. The van der Waals surface area contributed by atoms with E-state index in [2.05, 4.69) is 12.2 Å². The molecule has 0 aromatic carbocycles. The summed E-state index contributed by atoms with van der Waals surface area (Å²) in [5.41, 5.74) is 0. The zero-order valence-electron chi connectivity index (χ0n) is 6.31. The lowest BCUT2D eigenvalue weighted by Crippen LogP contribution is -2.26. The summed E-state index contributed by atoms with van der Waals surface area (Å²) < 4.78 is 0. The molecule has 9 heavy (non-hydrogen) atoms. The first-order chi connectivity index (χ1) is 4.31. The predicted molar refractivity (Wildman–Crippen MR) is 37.7 cm³/mol. The standard InChI is InChI=1S/C7H16NO/c1-3-5-6-7(9)8-4-2/h7-8H,3-6H2,1-2H3. The Morgan fingerprint density at radius 2 is 2.11 bits per heavy atom.